The van der Waals surface area contributed by atoms with E-state index in [1.807, 2.05) is 65.6 Å². The molecule has 0 radical (unpaired) electrons. The van der Waals surface area contributed by atoms with Gasteiger partial charge in [0.05, 0.1) is 11.0 Å². The quantitative estimate of drug-likeness (QED) is 0.288. The van der Waals surface area contributed by atoms with E-state index in [0.717, 1.165) is 11.1 Å². The monoisotopic (exact) mass is 458 g/mol. The molecule has 174 valence electrons. The van der Waals surface area contributed by atoms with Crippen molar-refractivity contribution in [3.8, 4) is 0 Å². The van der Waals surface area contributed by atoms with Crippen LogP contribution in [0.25, 0.3) is 5.76 Å². The number of aliphatic hydroxyl groups excluding tert-OH is 1. The second-order valence-electron chi connectivity index (χ2n) is 9.15. The maximum absolute atomic E-state index is 13.4. The molecule has 7 nitrogen and oxygen atoms in total. The van der Waals surface area contributed by atoms with Crippen molar-refractivity contribution in [1.82, 2.24) is 0 Å². The summed E-state index contributed by atoms with van der Waals surface area (Å²) in [6, 6.07) is 22.8. The average molecular weight is 459 g/mol. The van der Waals surface area contributed by atoms with Crippen LogP contribution in [0.5, 0.6) is 0 Å². The SMILES string of the molecule is CC(C)(C)OC(=O)C1=C(O)c2cc([N+](=O)[O-])ccc2N(Cc2ccccc2)C1c1ccccc1. The third kappa shape index (κ3) is 4.64. The lowest BCUT2D eigenvalue weighted by Crippen LogP contribution is -2.38. The Morgan fingerprint density at radius 1 is 1.03 bits per heavy atom. The molecule has 1 aliphatic heterocycles. The maximum Gasteiger partial charge on any atom is 0.340 e. The molecule has 0 aliphatic carbocycles. The molecule has 0 bridgehead atoms. The number of carbonyl (C=O) groups excluding carboxylic acids is 1. The number of nitro groups is 1. The number of hydrogen-bond acceptors (Lipinski definition) is 6. The molecule has 1 N–H and O–H groups in total. The highest BCUT2D eigenvalue weighted by Crippen LogP contribution is 2.46. The smallest absolute Gasteiger partial charge is 0.340 e. The lowest BCUT2D eigenvalue weighted by Gasteiger charge is -2.40. The topological polar surface area (TPSA) is 92.9 Å². The number of carbonyl (C=O) groups is 1. The molecular formula is C27H26N2O5. The molecule has 0 spiro atoms. The first-order valence-corrected chi connectivity index (χ1v) is 11.0. The third-order valence-electron chi connectivity index (χ3n) is 5.53. The number of aliphatic hydroxyl groups is 1. The van der Waals surface area contributed by atoms with Gasteiger partial charge in [-0.15, -0.1) is 0 Å². The third-order valence-corrected chi connectivity index (χ3v) is 5.53. The van der Waals surface area contributed by atoms with Crippen LogP contribution in [-0.4, -0.2) is 21.6 Å². The van der Waals surface area contributed by atoms with Crippen LogP contribution in [-0.2, 0) is 16.1 Å². The Kier molecular flexibility index (Phi) is 6.11. The lowest BCUT2D eigenvalue weighted by atomic mass is 9.88. The summed E-state index contributed by atoms with van der Waals surface area (Å²) >= 11 is 0. The van der Waals surface area contributed by atoms with Crippen LogP contribution in [0, 0.1) is 10.1 Å². The lowest BCUT2D eigenvalue weighted by molar-refractivity contribution is -0.384. The molecule has 1 heterocycles. The van der Waals surface area contributed by atoms with E-state index in [1.54, 1.807) is 26.8 Å². The number of fused-ring (bicyclic) bond motifs is 1. The largest absolute Gasteiger partial charge is 0.507 e. The van der Waals surface area contributed by atoms with Crippen molar-refractivity contribution in [2.75, 3.05) is 4.90 Å². The van der Waals surface area contributed by atoms with E-state index in [0.29, 0.717) is 12.2 Å². The average Bonchev–Trinajstić information content (AvgIpc) is 2.80. The van der Waals surface area contributed by atoms with E-state index in [2.05, 4.69) is 0 Å². The Bertz CT molecular complexity index is 1250. The predicted molar refractivity (Wildman–Crippen MR) is 130 cm³/mol. The highest BCUT2D eigenvalue weighted by molar-refractivity contribution is 6.02. The standard InChI is InChI=1S/C27H26N2O5/c1-27(2,3)34-26(31)23-24(19-12-8-5-9-13-19)28(17-18-10-6-4-7-11-18)22-15-14-20(29(32)33)16-21(22)25(23)30/h4-16,24,30H,17H2,1-3H3. The Labute approximate surface area is 198 Å². The van der Waals surface area contributed by atoms with Crippen molar-refractivity contribution in [3.05, 3.63) is 111 Å². The summed E-state index contributed by atoms with van der Waals surface area (Å²) in [5.74, 6) is -0.986. The molecule has 1 atom stereocenters. The van der Waals surface area contributed by atoms with Crippen molar-refractivity contribution in [1.29, 1.82) is 0 Å². The molecule has 0 saturated heterocycles. The number of anilines is 1. The van der Waals surface area contributed by atoms with E-state index in [4.69, 9.17) is 4.74 Å². The number of hydrogen-bond donors (Lipinski definition) is 1. The molecule has 0 amide bonds. The molecule has 7 heteroatoms. The number of benzene rings is 3. The summed E-state index contributed by atoms with van der Waals surface area (Å²) in [5.41, 5.74) is 1.66. The van der Waals surface area contributed by atoms with Gasteiger partial charge in [-0.3, -0.25) is 10.1 Å². The van der Waals surface area contributed by atoms with Crippen LogP contribution in [0.2, 0.25) is 0 Å². The van der Waals surface area contributed by atoms with Crippen LogP contribution in [0.15, 0.2) is 84.4 Å². The minimum atomic E-state index is -0.793. The Balaban J connectivity index is 1.97. The first kappa shape index (κ1) is 23.0. The van der Waals surface area contributed by atoms with Gasteiger partial charge in [0.1, 0.15) is 16.9 Å². The fourth-order valence-corrected chi connectivity index (χ4v) is 4.13. The number of esters is 1. The summed E-state index contributed by atoms with van der Waals surface area (Å²) in [6.07, 6.45) is 0. The van der Waals surface area contributed by atoms with Gasteiger partial charge in [0, 0.05) is 29.9 Å². The minimum absolute atomic E-state index is 0.0463. The summed E-state index contributed by atoms with van der Waals surface area (Å²) in [4.78, 5) is 26.3. The van der Waals surface area contributed by atoms with Gasteiger partial charge < -0.3 is 14.7 Å². The fourth-order valence-electron chi connectivity index (χ4n) is 4.13. The fraction of sp³-hybridized carbons (Fsp3) is 0.222. The molecule has 34 heavy (non-hydrogen) atoms. The molecule has 0 aromatic heterocycles. The number of non-ortho nitro benzene ring substituents is 1. The summed E-state index contributed by atoms with van der Waals surface area (Å²) in [7, 11) is 0. The molecule has 1 unspecified atom stereocenters. The van der Waals surface area contributed by atoms with Crippen molar-refractivity contribution < 1.29 is 19.6 Å². The van der Waals surface area contributed by atoms with Gasteiger partial charge in [-0.25, -0.2) is 4.79 Å². The van der Waals surface area contributed by atoms with Gasteiger partial charge in [0.2, 0.25) is 0 Å². The zero-order valence-electron chi connectivity index (χ0n) is 19.3. The highest BCUT2D eigenvalue weighted by Gasteiger charge is 2.40. The molecule has 4 rings (SSSR count). The van der Waals surface area contributed by atoms with Gasteiger partial charge in [-0.2, -0.15) is 0 Å². The highest BCUT2D eigenvalue weighted by atomic mass is 16.6. The van der Waals surface area contributed by atoms with E-state index in [9.17, 15) is 20.0 Å². The summed E-state index contributed by atoms with van der Waals surface area (Å²) in [6.45, 7) is 5.67. The van der Waals surface area contributed by atoms with E-state index < -0.39 is 22.5 Å². The van der Waals surface area contributed by atoms with Crippen molar-refractivity contribution in [3.63, 3.8) is 0 Å². The molecule has 0 saturated carbocycles. The van der Waals surface area contributed by atoms with Gasteiger partial charge in [-0.1, -0.05) is 60.7 Å². The number of nitro benzene ring substituents is 1. The van der Waals surface area contributed by atoms with E-state index >= 15 is 0 Å². The molecule has 3 aromatic rings. The Morgan fingerprint density at radius 3 is 2.24 bits per heavy atom. The maximum atomic E-state index is 13.4. The van der Waals surface area contributed by atoms with E-state index in [1.165, 1.54) is 12.1 Å². The zero-order valence-corrected chi connectivity index (χ0v) is 19.3. The van der Waals surface area contributed by atoms with Crippen molar-refractivity contribution in [2.45, 2.75) is 39.0 Å². The van der Waals surface area contributed by atoms with Crippen LogP contribution in [0.3, 0.4) is 0 Å². The molecule has 1 aliphatic rings. The molecule has 3 aromatic carbocycles. The normalized spacial score (nSPS) is 15.6. The van der Waals surface area contributed by atoms with E-state index in [-0.39, 0.29) is 22.6 Å². The number of ether oxygens (including phenoxy) is 1. The van der Waals surface area contributed by atoms with Crippen molar-refractivity contribution >= 4 is 23.1 Å². The van der Waals surface area contributed by atoms with Crippen LogP contribution < -0.4 is 4.90 Å². The van der Waals surface area contributed by atoms with Crippen molar-refractivity contribution in [2.24, 2.45) is 0 Å². The van der Waals surface area contributed by atoms with Gasteiger partial charge in [-0.05, 0) is 38.0 Å². The zero-order chi connectivity index (χ0) is 24.5. The second-order valence-corrected chi connectivity index (χ2v) is 9.15. The predicted octanol–water partition coefficient (Wildman–Crippen LogP) is 5.97. The molecule has 0 fully saturated rings. The Morgan fingerprint density at radius 2 is 1.65 bits per heavy atom. The number of nitrogens with zero attached hydrogens (tertiary/aromatic N) is 2. The second kappa shape index (κ2) is 9.02. The molecular weight excluding hydrogens is 432 g/mol. The van der Waals surface area contributed by atoms with Crippen LogP contribution in [0.4, 0.5) is 11.4 Å². The van der Waals surface area contributed by atoms with Crippen LogP contribution in [0.1, 0.15) is 43.5 Å². The number of rotatable bonds is 5. The first-order chi connectivity index (χ1) is 16.2. The van der Waals surface area contributed by atoms with Gasteiger partial charge >= 0.3 is 5.97 Å². The van der Waals surface area contributed by atoms with Crippen LogP contribution >= 0.6 is 0 Å². The van der Waals surface area contributed by atoms with Gasteiger partial charge in [0.25, 0.3) is 5.69 Å². The Hall–Kier alpha value is -4.13. The summed E-state index contributed by atoms with van der Waals surface area (Å²) < 4.78 is 5.67. The minimum Gasteiger partial charge on any atom is -0.507 e. The van der Waals surface area contributed by atoms with Gasteiger partial charge in [0.15, 0.2) is 0 Å². The summed E-state index contributed by atoms with van der Waals surface area (Å²) in [5, 5.41) is 22.8. The first-order valence-electron chi connectivity index (χ1n) is 11.0.